The van der Waals surface area contributed by atoms with Crippen molar-refractivity contribution >= 4 is 26.0 Å². The number of methoxy groups -OCH3 is 1. The van der Waals surface area contributed by atoms with E-state index < -0.39 is 10.0 Å². The summed E-state index contributed by atoms with van der Waals surface area (Å²) in [4.78, 5) is 0.203. The molecular formula is C12H18BrNO3S. The quantitative estimate of drug-likeness (QED) is 0.802. The van der Waals surface area contributed by atoms with Crippen LogP contribution in [0.25, 0.3) is 0 Å². The topological polar surface area (TPSA) is 46.6 Å². The summed E-state index contributed by atoms with van der Waals surface area (Å²) in [6.07, 6.45) is 0.781. The highest BCUT2D eigenvalue weighted by atomic mass is 79.9. The van der Waals surface area contributed by atoms with Crippen LogP contribution in [0.5, 0.6) is 5.75 Å². The summed E-state index contributed by atoms with van der Waals surface area (Å²) < 4.78 is 32.3. The molecule has 0 radical (unpaired) electrons. The van der Waals surface area contributed by atoms with Crippen LogP contribution in [0.15, 0.2) is 27.6 Å². The Morgan fingerprint density at radius 1 is 1.33 bits per heavy atom. The minimum atomic E-state index is -3.50. The van der Waals surface area contributed by atoms with Crippen molar-refractivity contribution in [1.82, 2.24) is 4.31 Å². The molecule has 0 heterocycles. The van der Waals surface area contributed by atoms with Crippen molar-refractivity contribution in [3.8, 4) is 5.75 Å². The first-order valence-electron chi connectivity index (χ1n) is 5.81. The van der Waals surface area contributed by atoms with Gasteiger partial charge in [0.05, 0.1) is 7.11 Å². The Kier molecular flexibility index (Phi) is 5.62. The van der Waals surface area contributed by atoms with Crippen molar-refractivity contribution in [2.75, 3.05) is 20.2 Å². The molecule has 0 bridgehead atoms. The number of hydrogen-bond donors (Lipinski definition) is 0. The van der Waals surface area contributed by atoms with E-state index in [1.807, 2.05) is 13.8 Å². The third-order valence-electron chi connectivity index (χ3n) is 2.57. The van der Waals surface area contributed by atoms with Gasteiger partial charge in [0.15, 0.2) is 0 Å². The summed E-state index contributed by atoms with van der Waals surface area (Å²) in [6.45, 7) is 4.74. The van der Waals surface area contributed by atoms with E-state index in [9.17, 15) is 8.42 Å². The van der Waals surface area contributed by atoms with E-state index in [1.54, 1.807) is 18.2 Å². The second-order valence-electron chi connectivity index (χ2n) is 3.79. The van der Waals surface area contributed by atoms with E-state index >= 15 is 0 Å². The molecule has 4 nitrogen and oxygen atoms in total. The number of halogens is 1. The monoisotopic (exact) mass is 335 g/mol. The first-order chi connectivity index (χ1) is 8.47. The number of hydrogen-bond acceptors (Lipinski definition) is 3. The predicted molar refractivity (Wildman–Crippen MR) is 75.4 cm³/mol. The molecule has 0 aliphatic carbocycles. The fraction of sp³-hybridized carbons (Fsp3) is 0.500. The van der Waals surface area contributed by atoms with Gasteiger partial charge >= 0.3 is 0 Å². The zero-order valence-electron chi connectivity index (χ0n) is 10.8. The Morgan fingerprint density at radius 2 is 2.00 bits per heavy atom. The average molecular weight is 336 g/mol. The van der Waals surface area contributed by atoms with E-state index in [2.05, 4.69) is 15.9 Å². The molecule has 0 aliphatic rings. The minimum Gasteiger partial charge on any atom is -0.495 e. The molecule has 0 saturated heterocycles. The van der Waals surface area contributed by atoms with Crippen LogP contribution in [0.4, 0.5) is 0 Å². The van der Waals surface area contributed by atoms with Crippen LogP contribution in [-0.4, -0.2) is 32.9 Å². The molecule has 0 aliphatic heterocycles. The molecule has 0 saturated carbocycles. The maximum atomic E-state index is 12.5. The van der Waals surface area contributed by atoms with Gasteiger partial charge in [-0.25, -0.2) is 8.42 Å². The number of nitrogens with zero attached hydrogens (tertiary/aromatic N) is 1. The smallest absolute Gasteiger partial charge is 0.246 e. The number of ether oxygens (including phenoxy) is 1. The lowest BCUT2D eigenvalue weighted by Crippen LogP contribution is -2.31. The van der Waals surface area contributed by atoms with Crippen LogP contribution in [0.2, 0.25) is 0 Å². The molecular weight excluding hydrogens is 318 g/mol. The van der Waals surface area contributed by atoms with Crippen LogP contribution >= 0.6 is 15.9 Å². The molecule has 1 aromatic rings. The van der Waals surface area contributed by atoms with Crippen molar-refractivity contribution in [2.45, 2.75) is 25.2 Å². The van der Waals surface area contributed by atoms with E-state index in [1.165, 1.54) is 11.4 Å². The van der Waals surface area contributed by atoms with Crippen LogP contribution in [-0.2, 0) is 10.0 Å². The lowest BCUT2D eigenvalue weighted by Gasteiger charge is -2.21. The van der Waals surface area contributed by atoms with Gasteiger partial charge in [-0.2, -0.15) is 4.31 Å². The SMILES string of the molecule is CCCN(CC)S(=O)(=O)c1cc(Br)ccc1OC. The van der Waals surface area contributed by atoms with Gasteiger partial charge in [0, 0.05) is 17.6 Å². The molecule has 102 valence electrons. The first-order valence-corrected chi connectivity index (χ1v) is 8.04. The Balaban J connectivity index is 3.30. The Labute approximate surface area is 117 Å². The Hall–Kier alpha value is -0.590. The summed E-state index contributed by atoms with van der Waals surface area (Å²) >= 11 is 3.29. The molecule has 6 heteroatoms. The van der Waals surface area contributed by atoms with Crippen molar-refractivity contribution in [3.63, 3.8) is 0 Å². The lowest BCUT2D eigenvalue weighted by atomic mass is 10.3. The van der Waals surface area contributed by atoms with Crippen LogP contribution in [0, 0.1) is 0 Å². The molecule has 0 N–H and O–H groups in total. The van der Waals surface area contributed by atoms with E-state index in [4.69, 9.17) is 4.74 Å². The Bertz CT molecular complexity index is 502. The highest BCUT2D eigenvalue weighted by Gasteiger charge is 2.26. The van der Waals surface area contributed by atoms with Gasteiger partial charge in [-0.1, -0.05) is 29.8 Å². The summed E-state index contributed by atoms with van der Waals surface area (Å²) in [5.74, 6) is 0.368. The average Bonchev–Trinajstić information content (AvgIpc) is 2.35. The van der Waals surface area contributed by atoms with Crippen molar-refractivity contribution < 1.29 is 13.2 Å². The largest absolute Gasteiger partial charge is 0.495 e. The fourth-order valence-corrected chi connectivity index (χ4v) is 3.92. The van der Waals surface area contributed by atoms with Crippen molar-refractivity contribution in [2.24, 2.45) is 0 Å². The van der Waals surface area contributed by atoms with E-state index in [-0.39, 0.29) is 4.90 Å². The van der Waals surface area contributed by atoms with Gasteiger partial charge in [0.25, 0.3) is 0 Å². The lowest BCUT2D eigenvalue weighted by molar-refractivity contribution is 0.392. The van der Waals surface area contributed by atoms with Crippen molar-refractivity contribution in [3.05, 3.63) is 22.7 Å². The maximum Gasteiger partial charge on any atom is 0.246 e. The molecule has 0 amide bonds. The molecule has 1 rings (SSSR count). The summed E-state index contributed by atoms with van der Waals surface area (Å²) in [5, 5.41) is 0. The minimum absolute atomic E-state index is 0.203. The number of benzene rings is 1. The van der Waals surface area contributed by atoms with Crippen molar-refractivity contribution in [1.29, 1.82) is 0 Å². The molecule has 0 fully saturated rings. The molecule has 0 unspecified atom stereocenters. The van der Waals surface area contributed by atoms with Gasteiger partial charge in [-0.3, -0.25) is 0 Å². The zero-order chi connectivity index (χ0) is 13.8. The molecule has 1 aromatic carbocycles. The third kappa shape index (κ3) is 3.24. The third-order valence-corrected chi connectivity index (χ3v) is 5.06. The van der Waals surface area contributed by atoms with Gasteiger partial charge < -0.3 is 4.74 Å². The Morgan fingerprint density at radius 3 is 2.50 bits per heavy atom. The molecule has 0 aromatic heterocycles. The van der Waals surface area contributed by atoms with Gasteiger partial charge in [0.1, 0.15) is 10.6 Å². The second-order valence-corrected chi connectivity index (χ2v) is 6.61. The predicted octanol–water partition coefficient (Wildman–Crippen LogP) is 2.88. The summed E-state index contributed by atoms with van der Waals surface area (Å²) in [5.41, 5.74) is 0. The van der Waals surface area contributed by atoms with E-state index in [0.717, 1.165) is 10.9 Å². The summed E-state index contributed by atoms with van der Waals surface area (Å²) in [7, 11) is -2.03. The standard InChI is InChI=1S/C12H18BrNO3S/c1-4-8-14(5-2)18(15,16)12-9-10(13)6-7-11(12)17-3/h6-7,9H,4-5,8H2,1-3H3. The first kappa shape index (κ1) is 15.5. The normalized spacial score (nSPS) is 11.8. The maximum absolute atomic E-state index is 12.5. The van der Waals surface area contributed by atoms with Crippen LogP contribution in [0.1, 0.15) is 20.3 Å². The van der Waals surface area contributed by atoms with Gasteiger partial charge in [-0.05, 0) is 24.6 Å². The fourth-order valence-electron chi connectivity index (χ4n) is 1.69. The molecule has 0 atom stereocenters. The second kappa shape index (κ2) is 6.54. The van der Waals surface area contributed by atoms with E-state index in [0.29, 0.717) is 18.8 Å². The number of rotatable bonds is 6. The highest BCUT2D eigenvalue weighted by molar-refractivity contribution is 9.10. The number of sulfonamides is 1. The van der Waals surface area contributed by atoms with Crippen LogP contribution in [0.3, 0.4) is 0 Å². The van der Waals surface area contributed by atoms with Crippen LogP contribution < -0.4 is 4.74 Å². The highest BCUT2D eigenvalue weighted by Crippen LogP contribution is 2.29. The summed E-state index contributed by atoms with van der Waals surface area (Å²) in [6, 6.07) is 4.98. The zero-order valence-corrected chi connectivity index (χ0v) is 13.2. The molecule has 0 spiro atoms. The van der Waals surface area contributed by atoms with Gasteiger partial charge in [0.2, 0.25) is 10.0 Å². The van der Waals surface area contributed by atoms with Gasteiger partial charge in [-0.15, -0.1) is 0 Å². The molecule has 18 heavy (non-hydrogen) atoms.